The highest BCUT2D eigenvalue weighted by Gasteiger charge is 2.40. The van der Waals surface area contributed by atoms with E-state index in [0.29, 0.717) is 31.1 Å². The van der Waals surface area contributed by atoms with E-state index in [1.165, 1.54) is 18.4 Å². The second-order valence-electron chi connectivity index (χ2n) is 5.71. The van der Waals surface area contributed by atoms with E-state index in [0.717, 1.165) is 17.9 Å². The van der Waals surface area contributed by atoms with E-state index in [1.54, 1.807) is 0 Å². The first-order valence-electron chi connectivity index (χ1n) is 7.00. The monoisotopic (exact) mass is 259 g/mol. The van der Waals surface area contributed by atoms with Crippen molar-refractivity contribution in [3.63, 3.8) is 0 Å². The predicted octanol–water partition coefficient (Wildman–Crippen LogP) is 2.19. The third-order valence-electron chi connectivity index (χ3n) is 4.63. The molecule has 19 heavy (non-hydrogen) atoms. The van der Waals surface area contributed by atoms with E-state index in [9.17, 15) is 4.79 Å². The predicted molar refractivity (Wildman–Crippen MR) is 69.2 cm³/mol. The zero-order valence-corrected chi connectivity index (χ0v) is 10.7. The lowest BCUT2D eigenvalue weighted by molar-refractivity contribution is -0.119. The molecule has 1 aromatic rings. The minimum absolute atomic E-state index is 0.211. The van der Waals surface area contributed by atoms with E-state index >= 15 is 0 Å². The van der Waals surface area contributed by atoms with E-state index < -0.39 is 0 Å². The number of carbonyl (C=O) groups is 1. The number of carbonyl (C=O) groups excluding carboxylic acids is 1. The van der Waals surface area contributed by atoms with Crippen LogP contribution in [0, 0.1) is 5.92 Å². The van der Waals surface area contributed by atoms with Gasteiger partial charge in [0.05, 0.1) is 0 Å². The van der Waals surface area contributed by atoms with Crippen molar-refractivity contribution >= 4 is 5.91 Å². The molecule has 3 atom stereocenters. The van der Waals surface area contributed by atoms with Gasteiger partial charge >= 0.3 is 0 Å². The quantitative estimate of drug-likeness (QED) is 0.841. The Bertz CT molecular complexity index is 528. The molecule has 0 bridgehead atoms. The summed E-state index contributed by atoms with van der Waals surface area (Å²) < 4.78 is 10.8. The Hall–Kier alpha value is -1.71. The molecular formula is C15H17NO3. The number of hydrogen-bond acceptors (Lipinski definition) is 3. The first-order chi connectivity index (χ1) is 9.31. The van der Waals surface area contributed by atoms with Crippen LogP contribution in [0.4, 0.5) is 0 Å². The van der Waals surface area contributed by atoms with Crippen LogP contribution < -0.4 is 14.8 Å². The lowest BCUT2D eigenvalue weighted by Gasteiger charge is -2.33. The second-order valence-corrected chi connectivity index (χ2v) is 5.71. The molecule has 1 amide bonds. The van der Waals surface area contributed by atoms with Crippen molar-refractivity contribution in [2.45, 2.75) is 37.6 Å². The molecule has 1 saturated heterocycles. The first-order valence-corrected chi connectivity index (χ1v) is 7.00. The van der Waals surface area contributed by atoms with Crippen LogP contribution in [0.15, 0.2) is 18.2 Å². The Balaban J connectivity index is 1.65. The van der Waals surface area contributed by atoms with Gasteiger partial charge in [-0.05, 0) is 36.5 Å². The van der Waals surface area contributed by atoms with Crippen molar-refractivity contribution in [3.8, 4) is 11.5 Å². The van der Waals surface area contributed by atoms with Crippen LogP contribution in [0.5, 0.6) is 11.5 Å². The maximum Gasteiger partial charge on any atom is 0.231 e. The molecule has 1 aliphatic carbocycles. The summed E-state index contributed by atoms with van der Waals surface area (Å²) in [4.78, 5) is 11.6. The van der Waals surface area contributed by atoms with Gasteiger partial charge in [0.25, 0.3) is 0 Å². The first kappa shape index (κ1) is 11.1. The highest BCUT2D eigenvalue weighted by atomic mass is 16.7. The summed E-state index contributed by atoms with van der Waals surface area (Å²) in [7, 11) is 0. The normalized spacial score (nSPS) is 32.0. The summed E-state index contributed by atoms with van der Waals surface area (Å²) >= 11 is 0. The Morgan fingerprint density at radius 2 is 2.05 bits per heavy atom. The lowest BCUT2D eigenvalue weighted by Crippen LogP contribution is -2.37. The molecule has 3 aliphatic rings. The van der Waals surface area contributed by atoms with E-state index in [1.807, 2.05) is 6.07 Å². The van der Waals surface area contributed by atoms with Gasteiger partial charge in [-0.25, -0.2) is 0 Å². The van der Waals surface area contributed by atoms with Crippen molar-refractivity contribution in [3.05, 3.63) is 23.8 Å². The molecular weight excluding hydrogens is 242 g/mol. The third-order valence-corrected chi connectivity index (χ3v) is 4.63. The molecule has 4 heteroatoms. The fourth-order valence-corrected chi connectivity index (χ4v) is 3.74. The molecule has 0 spiro atoms. The molecule has 0 aromatic heterocycles. The molecule has 2 aliphatic heterocycles. The lowest BCUT2D eigenvalue weighted by atomic mass is 9.74. The molecule has 1 N–H and O–H groups in total. The van der Waals surface area contributed by atoms with Crippen molar-refractivity contribution in [2.24, 2.45) is 5.92 Å². The fraction of sp³-hybridized carbons (Fsp3) is 0.533. The molecule has 4 rings (SSSR count). The molecule has 0 unspecified atom stereocenters. The SMILES string of the molecule is O=C1C[C@@H]2CCC[C@H](c3ccc4c(c3)OCO4)[C@H]2N1. The van der Waals surface area contributed by atoms with Gasteiger partial charge in [-0.1, -0.05) is 12.5 Å². The van der Waals surface area contributed by atoms with E-state index in [-0.39, 0.29) is 5.91 Å². The Labute approximate surface area is 112 Å². The van der Waals surface area contributed by atoms with Crippen molar-refractivity contribution in [2.75, 3.05) is 6.79 Å². The summed E-state index contributed by atoms with van der Waals surface area (Å²) in [5.74, 6) is 2.80. The summed E-state index contributed by atoms with van der Waals surface area (Å²) in [6.07, 6.45) is 4.21. The standard InChI is InChI=1S/C15H17NO3/c17-14-7-10-2-1-3-11(15(10)16-14)9-4-5-12-13(6-9)19-8-18-12/h4-6,10-11,15H,1-3,7-8H2,(H,16,17)/t10-,11+,15-/m0/s1. The van der Waals surface area contributed by atoms with Crippen LogP contribution in [0.1, 0.15) is 37.2 Å². The van der Waals surface area contributed by atoms with Gasteiger partial charge in [0.15, 0.2) is 11.5 Å². The average molecular weight is 259 g/mol. The number of benzene rings is 1. The van der Waals surface area contributed by atoms with Gasteiger partial charge in [-0.15, -0.1) is 0 Å². The van der Waals surface area contributed by atoms with Crippen molar-refractivity contribution in [1.29, 1.82) is 0 Å². The molecule has 2 fully saturated rings. The molecule has 1 aromatic carbocycles. The summed E-state index contributed by atoms with van der Waals surface area (Å²) in [6.45, 7) is 0.312. The number of nitrogens with one attached hydrogen (secondary N) is 1. The van der Waals surface area contributed by atoms with Crippen LogP contribution in [-0.2, 0) is 4.79 Å². The summed E-state index contributed by atoms with van der Waals surface area (Å²) in [5.41, 5.74) is 1.26. The maximum atomic E-state index is 11.6. The van der Waals surface area contributed by atoms with Crippen LogP contribution in [0.25, 0.3) is 0 Å². The van der Waals surface area contributed by atoms with E-state index in [4.69, 9.17) is 9.47 Å². The zero-order valence-electron chi connectivity index (χ0n) is 10.7. The zero-order chi connectivity index (χ0) is 12.8. The average Bonchev–Trinajstić information content (AvgIpc) is 3.01. The minimum atomic E-state index is 0.211. The van der Waals surface area contributed by atoms with Crippen LogP contribution in [0.3, 0.4) is 0 Å². The molecule has 0 radical (unpaired) electrons. The highest BCUT2D eigenvalue weighted by Crippen LogP contribution is 2.43. The van der Waals surface area contributed by atoms with Crippen LogP contribution in [0.2, 0.25) is 0 Å². The maximum absolute atomic E-state index is 11.6. The fourth-order valence-electron chi connectivity index (χ4n) is 3.74. The second kappa shape index (κ2) is 4.15. The van der Waals surface area contributed by atoms with Crippen LogP contribution in [-0.4, -0.2) is 18.7 Å². The highest BCUT2D eigenvalue weighted by molar-refractivity contribution is 5.79. The number of hydrogen-bond donors (Lipinski definition) is 1. The van der Waals surface area contributed by atoms with Gasteiger partial charge in [0.1, 0.15) is 0 Å². The number of rotatable bonds is 1. The molecule has 100 valence electrons. The van der Waals surface area contributed by atoms with Gasteiger partial charge < -0.3 is 14.8 Å². The van der Waals surface area contributed by atoms with E-state index in [2.05, 4.69) is 17.4 Å². The smallest absolute Gasteiger partial charge is 0.231 e. The van der Waals surface area contributed by atoms with Gasteiger partial charge in [0, 0.05) is 18.4 Å². The van der Waals surface area contributed by atoms with Gasteiger partial charge in [-0.3, -0.25) is 4.79 Å². The molecule has 1 saturated carbocycles. The minimum Gasteiger partial charge on any atom is -0.454 e. The van der Waals surface area contributed by atoms with Gasteiger partial charge in [0.2, 0.25) is 12.7 Å². The molecule has 2 heterocycles. The molecule has 4 nitrogen and oxygen atoms in total. The number of fused-ring (bicyclic) bond motifs is 2. The van der Waals surface area contributed by atoms with Crippen LogP contribution >= 0.6 is 0 Å². The van der Waals surface area contributed by atoms with Gasteiger partial charge in [-0.2, -0.15) is 0 Å². The van der Waals surface area contributed by atoms with Crippen molar-refractivity contribution < 1.29 is 14.3 Å². The summed E-state index contributed by atoms with van der Waals surface area (Å²) in [6, 6.07) is 6.49. The van der Waals surface area contributed by atoms with Crippen molar-refractivity contribution in [1.82, 2.24) is 5.32 Å². The third kappa shape index (κ3) is 1.78. The number of amides is 1. The Morgan fingerprint density at radius 1 is 1.16 bits per heavy atom. The topological polar surface area (TPSA) is 47.6 Å². The number of ether oxygens (including phenoxy) is 2. The largest absolute Gasteiger partial charge is 0.454 e. The summed E-state index contributed by atoms with van der Waals surface area (Å²) in [5, 5.41) is 3.16. The Kier molecular flexibility index (Phi) is 2.43. The Morgan fingerprint density at radius 3 is 3.00 bits per heavy atom.